The summed E-state index contributed by atoms with van der Waals surface area (Å²) in [5.74, 6) is -0.610. The Bertz CT molecular complexity index is 944. The summed E-state index contributed by atoms with van der Waals surface area (Å²) < 4.78 is 13.0. The van der Waals surface area contributed by atoms with Crippen molar-refractivity contribution in [3.05, 3.63) is 75.6 Å². The Hall–Kier alpha value is -3.07. The summed E-state index contributed by atoms with van der Waals surface area (Å²) in [6, 6.07) is 12.2. The van der Waals surface area contributed by atoms with Gasteiger partial charge in [-0.2, -0.15) is 5.10 Å². The minimum atomic E-state index is -0.522. The van der Waals surface area contributed by atoms with Crippen LogP contribution in [0.15, 0.2) is 58.7 Å². The highest BCUT2D eigenvalue weighted by atomic mass is 32.2. The number of nitro groups is 1. The Kier molecular flexibility index (Phi) is 5.60. The molecule has 0 aromatic heterocycles. The molecular weight excluding hydrogens is 371 g/mol. The van der Waals surface area contributed by atoms with Crippen LogP contribution in [0.1, 0.15) is 18.1 Å². The fourth-order valence-corrected chi connectivity index (χ4v) is 3.46. The van der Waals surface area contributed by atoms with E-state index >= 15 is 0 Å². The van der Waals surface area contributed by atoms with Crippen molar-refractivity contribution in [3.8, 4) is 0 Å². The number of nitro benzene ring substituents is 1. The number of carbonyl (C=O) groups excluding carboxylic acids is 1. The van der Waals surface area contributed by atoms with Crippen LogP contribution in [0.3, 0.4) is 0 Å². The van der Waals surface area contributed by atoms with Crippen LogP contribution in [-0.2, 0) is 11.2 Å². The lowest BCUT2D eigenvalue weighted by atomic mass is 10.1. The molecule has 2 aromatic rings. The molecule has 27 heavy (non-hydrogen) atoms. The van der Waals surface area contributed by atoms with E-state index in [1.165, 1.54) is 30.0 Å². The molecule has 3 rings (SSSR count). The van der Waals surface area contributed by atoms with Gasteiger partial charge in [-0.15, -0.1) is 5.10 Å². The first-order valence-corrected chi connectivity index (χ1v) is 8.90. The van der Waals surface area contributed by atoms with Crippen molar-refractivity contribution in [1.29, 1.82) is 0 Å². The predicted octanol–water partition coefficient (Wildman–Crippen LogP) is 3.29. The summed E-state index contributed by atoms with van der Waals surface area (Å²) in [6.45, 7) is 1.73. The quantitative estimate of drug-likeness (QED) is 0.484. The number of amidine groups is 1. The average Bonchev–Trinajstić information content (AvgIpc) is 3.00. The van der Waals surface area contributed by atoms with Gasteiger partial charge in [0.05, 0.1) is 15.9 Å². The molecule has 0 radical (unpaired) electrons. The van der Waals surface area contributed by atoms with Crippen LogP contribution in [0.4, 0.5) is 10.1 Å². The number of nitrogens with one attached hydrogen (secondary N) is 1. The molecule has 7 nitrogen and oxygen atoms in total. The molecule has 1 atom stereocenters. The normalized spacial score (nSPS) is 18.6. The van der Waals surface area contributed by atoms with E-state index in [0.717, 1.165) is 0 Å². The van der Waals surface area contributed by atoms with E-state index in [9.17, 15) is 19.3 Å². The van der Waals surface area contributed by atoms with E-state index in [1.54, 1.807) is 37.3 Å². The Morgan fingerprint density at radius 1 is 1.26 bits per heavy atom. The van der Waals surface area contributed by atoms with Gasteiger partial charge in [0, 0.05) is 18.1 Å². The first kappa shape index (κ1) is 18.7. The Balaban J connectivity index is 1.72. The summed E-state index contributed by atoms with van der Waals surface area (Å²) in [5, 5.41) is 21.6. The molecule has 0 spiro atoms. The topological polar surface area (TPSA) is 97.0 Å². The van der Waals surface area contributed by atoms with Crippen LogP contribution in [0.25, 0.3) is 0 Å². The minimum Gasteiger partial charge on any atom is -0.303 e. The molecule has 138 valence electrons. The van der Waals surface area contributed by atoms with Crippen molar-refractivity contribution in [2.75, 3.05) is 0 Å². The summed E-state index contributed by atoms with van der Waals surface area (Å²) in [4.78, 5) is 22.8. The first-order valence-electron chi connectivity index (χ1n) is 8.02. The second-order valence-corrected chi connectivity index (χ2v) is 6.97. The Morgan fingerprint density at radius 2 is 1.96 bits per heavy atom. The van der Waals surface area contributed by atoms with Gasteiger partial charge in [-0.25, -0.2) is 4.39 Å². The highest BCUT2D eigenvalue weighted by molar-refractivity contribution is 8.15. The third-order valence-corrected chi connectivity index (χ3v) is 5.00. The number of para-hydroxylation sites is 1. The van der Waals surface area contributed by atoms with Gasteiger partial charge in [0.1, 0.15) is 5.82 Å². The monoisotopic (exact) mass is 386 g/mol. The number of hydrogen-bond acceptors (Lipinski definition) is 6. The largest absolute Gasteiger partial charge is 0.303 e. The molecule has 1 aliphatic heterocycles. The molecule has 2 aromatic carbocycles. The van der Waals surface area contributed by atoms with Gasteiger partial charge in [-0.3, -0.25) is 14.9 Å². The van der Waals surface area contributed by atoms with Crippen LogP contribution in [0, 0.1) is 15.9 Å². The average molecular weight is 386 g/mol. The van der Waals surface area contributed by atoms with Gasteiger partial charge in [0.25, 0.3) is 5.69 Å². The third-order valence-electron chi connectivity index (χ3n) is 3.92. The maximum Gasteiger partial charge on any atom is 0.272 e. The van der Waals surface area contributed by atoms with Crippen LogP contribution in [-0.4, -0.2) is 27.0 Å². The lowest BCUT2D eigenvalue weighted by Gasteiger charge is -2.05. The molecule has 1 unspecified atom stereocenters. The number of amides is 1. The Labute approximate surface area is 158 Å². The standard InChI is InChI=1S/C18H15FN4O3S/c1-11(12-6-8-14(19)9-7-12)21-22-18-20-17(24)16(27-18)10-13-4-2-3-5-15(13)23(25)26/h2-9,16H,10H2,1H3,(H,20,22,24). The van der Waals surface area contributed by atoms with E-state index in [2.05, 4.69) is 15.5 Å². The smallest absolute Gasteiger partial charge is 0.272 e. The molecule has 1 N–H and O–H groups in total. The molecule has 1 heterocycles. The minimum absolute atomic E-state index is 0.0125. The fraction of sp³-hybridized carbons (Fsp3) is 0.167. The lowest BCUT2D eigenvalue weighted by molar-refractivity contribution is -0.385. The number of hydrogen-bond donors (Lipinski definition) is 1. The highest BCUT2D eigenvalue weighted by Gasteiger charge is 2.32. The molecule has 1 amide bonds. The fourth-order valence-electron chi connectivity index (χ4n) is 2.52. The summed E-state index contributed by atoms with van der Waals surface area (Å²) >= 11 is 1.17. The van der Waals surface area contributed by atoms with E-state index in [0.29, 0.717) is 22.0 Å². The molecule has 0 aliphatic carbocycles. The Morgan fingerprint density at radius 3 is 2.67 bits per heavy atom. The summed E-state index contributed by atoms with van der Waals surface area (Å²) in [6.07, 6.45) is 0.216. The molecule has 1 fully saturated rings. The van der Waals surface area contributed by atoms with E-state index in [1.807, 2.05) is 0 Å². The molecule has 1 aliphatic rings. The summed E-state index contributed by atoms with van der Waals surface area (Å²) in [7, 11) is 0. The lowest BCUT2D eigenvalue weighted by Crippen LogP contribution is -2.26. The van der Waals surface area contributed by atoms with Crippen LogP contribution < -0.4 is 5.32 Å². The van der Waals surface area contributed by atoms with Crippen LogP contribution >= 0.6 is 11.8 Å². The van der Waals surface area contributed by atoms with Crippen molar-refractivity contribution in [2.45, 2.75) is 18.6 Å². The number of nitrogens with zero attached hydrogens (tertiary/aromatic N) is 3. The number of rotatable bonds is 5. The molecule has 0 bridgehead atoms. The van der Waals surface area contributed by atoms with E-state index < -0.39 is 10.2 Å². The predicted molar refractivity (Wildman–Crippen MR) is 102 cm³/mol. The molecule has 9 heteroatoms. The molecular formula is C18H15FN4O3S. The number of benzene rings is 2. The SMILES string of the molecule is CC(=N/N=C1/NC(=O)C(Cc2ccccc2[N+](=O)[O-])S1)c1ccc(F)cc1. The zero-order chi connectivity index (χ0) is 19.4. The van der Waals surface area contributed by atoms with E-state index in [4.69, 9.17) is 0 Å². The second-order valence-electron chi connectivity index (χ2n) is 5.78. The van der Waals surface area contributed by atoms with Crippen LogP contribution in [0.2, 0.25) is 0 Å². The van der Waals surface area contributed by atoms with Gasteiger partial charge in [0.2, 0.25) is 5.91 Å². The maximum absolute atomic E-state index is 13.0. The summed E-state index contributed by atoms with van der Waals surface area (Å²) in [5.41, 5.74) is 1.76. The first-order chi connectivity index (χ1) is 12.9. The third kappa shape index (κ3) is 4.56. The molecule has 0 saturated carbocycles. The number of carbonyl (C=O) groups is 1. The zero-order valence-corrected chi connectivity index (χ0v) is 15.1. The van der Waals surface area contributed by atoms with Crippen molar-refractivity contribution in [3.63, 3.8) is 0 Å². The van der Waals surface area contributed by atoms with Crippen molar-refractivity contribution in [1.82, 2.24) is 5.32 Å². The second kappa shape index (κ2) is 8.09. The van der Waals surface area contributed by atoms with Crippen molar-refractivity contribution < 1.29 is 14.1 Å². The highest BCUT2D eigenvalue weighted by Crippen LogP contribution is 2.27. The van der Waals surface area contributed by atoms with Gasteiger partial charge in [-0.05, 0) is 24.6 Å². The van der Waals surface area contributed by atoms with Crippen LogP contribution in [0.5, 0.6) is 0 Å². The zero-order valence-electron chi connectivity index (χ0n) is 14.3. The molecule has 1 saturated heterocycles. The van der Waals surface area contributed by atoms with Crippen molar-refractivity contribution >= 4 is 34.2 Å². The van der Waals surface area contributed by atoms with Crippen molar-refractivity contribution in [2.24, 2.45) is 10.2 Å². The number of thioether (sulfide) groups is 1. The van der Waals surface area contributed by atoms with Gasteiger partial charge in [-0.1, -0.05) is 42.1 Å². The van der Waals surface area contributed by atoms with Gasteiger partial charge < -0.3 is 5.32 Å². The van der Waals surface area contributed by atoms with Gasteiger partial charge >= 0.3 is 0 Å². The van der Waals surface area contributed by atoms with Gasteiger partial charge in [0.15, 0.2) is 5.17 Å². The number of halogens is 1. The van der Waals surface area contributed by atoms with E-state index in [-0.39, 0.29) is 23.8 Å². The maximum atomic E-state index is 13.0.